The molecule has 4 nitrogen and oxygen atoms in total. The van der Waals surface area contributed by atoms with Gasteiger partial charge in [-0.05, 0) is 42.7 Å². The maximum Gasteiger partial charge on any atom is 0.416 e. The number of rotatable bonds is 3. The third-order valence-corrected chi connectivity index (χ3v) is 6.99. The van der Waals surface area contributed by atoms with Crippen molar-refractivity contribution in [2.75, 3.05) is 10.8 Å². The highest BCUT2D eigenvalue weighted by atomic mass is 32.2. The molecule has 0 radical (unpaired) electrons. The van der Waals surface area contributed by atoms with Gasteiger partial charge in [-0.15, -0.1) is 0 Å². The van der Waals surface area contributed by atoms with Crippen molar-refractivity contribution in [2.45, 2.75) is 23.9 Å². The van der Waals surface area contributed by atoms with Crippen LogP contribution in [-0.2, 0) is 22.6 Å². The van der Waals surface area contributed by atoms with E-state index in [0.717, 1.165) is 28.6 Å². The van der Waals surface area contributed by atoms with E-state index in [9.17, 15) is 34.8 Å². The third kappa shape index (κ3) is 3.81. The highest BCUT2D eigenvalue weighted by molar-refractivity contribution is 7.92. The van der Waals surface area contributed by atoms with Crippen LogP contribution in [0.15, 0.2) is 53.7 Å². The first-order valence-corrected chi connectivity index (χ1v) is 10.8. The van der Waals surface area contributed by atoms with Crippen LogP contribution in [0.3, 0.4) is 0 Å². The summed E-state index contributed by atoms with van der Waals surface area (Å²) in [7, 11) is -4.45. The van der Waals surface area contributed by atoms with E-state index in [4.69, 9.17) is 0 Å². The molecule has 0 unspecified atom stereocenters. The molecular weight excluding hydrogens is 458 g/mol. The first-order chi connectivity index (χ1) is 15.0. The zero-order valence-electron chi connectivity index (χ0n) is 16.1. The number of benzene rings is 2. The van der Waals surface area contributed by atoms with E-state index in [0.29, 0.717) is 24.1 Å². The number of sulfonamides is 1. The van der Waals surface area contributed by atoms with E-state index < -0.39 is 44.1 Å². The molecule has 0 amide bonds. The smallest absolute Gasteiger partial charge is 0.264 e. The molecule has 0 spiro atoms. The Morgan fingerprint density at radius 1 is 0.906 bits per heavy atom. The zero-order valence-corrected chi connectivity index (χ0v) is 16.9. The Balaban J connectivity index is 1.82. The van der Waals surface area contributed by atoms with Crippen LogP contribution in [0.1, 0.15) is 17.5 Å². The molecule has 0 N–H and O–H groups in total. The number of pyridine rings is 1. The van der Waals surface area contributed by atoms with Crippen LogP contribution in [0.2, 0.25) is 0 Å². The molecule has 1 aliphatic rings. The summed E-state index contributed by atoms with van der Waals surface area (Å²) < 4.78 is 108. The van der Waals surface area contributed by atoms with E-state index in [1.165, 1.54) is 12.4 Å². The molecular formula is C21H14F6N2O2S. The second-order valence-corrected chi connectivity index (χ2v) is 8.96. The molecule has 1 aromatic heterocycles. The third-order valence-electron chi connectivity index (χ3n) is 5.14. The van der Waals surface area contributed by atoms with E-state index in [2.05, 4.69) is 4.98 Å². The minimum absolute atomic E-state index is 0.0349. The fraction of sp³-hybridized carbons (Fsp3) is 0.190. The largest absolute Gasteiger partial charge is 0.416 e. The van der Waals surface area contributed by atoms with Gasteiger partial charge in [0.05, 0.1) is 17.4 Å². The SMILES string of the molecule is O=S(=O)(c1ccc(F)cc1F)N1CCCc2c(-c3ccc(C(F)(F)F)cc3F)cncc21. The Morgan fingerprint density at radius 2 is 1.66 bits per heavy atom. The predicted octanol–water partition coefficient (Wildman–Crippen LogP) is 5.33. The molecule has 0 saturated carbocycles. The number of anilines is 1. The summed E-state index contributed by atoms with van der Waals surface area (Å²) in [4.78, 5) is 3.19. The molecule has 4 rings (SSSR count). The fourth-order valence-electron chi connectivity index (χ4n) is 3.67. The van der Waals surface area contributed by atoms with Crippen molar-refractivity contribution in [1.29, 1.82) is 0 Å². The van der Waals surface area contributed by atoms with Gasteiger partial charge in [0, 0.05) is 29.9 Å². The summed E-state index contributed by atoms with van der Waals surface area (Å²) in [5, 5.41) is 0. The molecule has 2 heterocycles. The lowest BCUT2D eigenvalue weighted by Crippen LogP contribution is -2.36. The van der Waals surface area contributed by atoms with Crippen molar-refractivity contribution in [3.63, 3.8) is 0 Å². The van der Waals surface area contributed by atoms with Gasteiger partial charge in [0.15, 0.2) is 0 Å². The summed E-state index contributed by atoms with van der Waals surface area (Å²) in [5.41, 5.74) is -0.803. The molecule has 168 valence electrons. The first-order valence-electron chi connectivity index (χ1n) is 9.32. The Hall–Kier alpha value is -3.08. The van der Waals surface area contributed by atoms with Crippen LogP contribution < -0.4 is 4.31 Å². The quantitative estimate of drug-likeness (QED) is 0.485. The Labute approximate surface area is 179 Å². The summed E-state index contributed by atoms with van der Waals surface area (Å²) in [5.74, 6) is -3.35. The van der Waals surface area contributed by atoms with Gasteiger partial charge in [-0.25, -0.2) is 21.6 Å². The lowest BCUT2D eigenvalue weighted by atomic mass is 9.94. The van der Waals surface area contributed by atoms with Crippen molar-refractivity contribution in [2.24, 2.45) is 0 Å². The minimum Gasteiger partial charge on any atom is -0.264 e. The van der Waals surface area contributed by atoms with Crippen LogP contribution >= 0.6 is 0 Å². The number of fused-ring (bicyclic) bond motifs is 1. The maximum atomic E-state index is 14.6. The number of hydrogen-bond acceptors (Lipinski definition) is 3. The fourth-order valence-corrected chi connectivity index (χ4v) is 5.24. The van der Waals surface area contributed by atoms with Gasteiger partial charge < -0.3 is 0 Å². The summed E-state index contributed by atoms with van der Waals surface area (Å²) in [6, 6.07) is 4.11. The number of halogens is 6. The van der Waals surface area contributed by atoms with Crippen molar-refractivity contribution in [1.82, 2.24) is 4.98 Å². The molecule has 2 aromatic carbocycles. The molecule has 1 aliphatic heterocycles. The molecule has 11 heteroatoms. The van der Waals surface area contributed by atoms with Crippen LogP contribution in [0.4, 0.5) is 32.0 Å². The highest BCUT2D eigenvalue weighted by Crippen LogP contribution is 2.39. The standard InChI is InChI=1S/C21H14F6N2O2S/c22-13-4-6-20(18(24)9-13)32(30,31)29-7-1-2-15-16(10-28-11-19(15)29)14-5-3-12(8-17(14)23)21(25,26)27/h3-6,8-11H,1-2,7H2. The van der Waals surface area contributed by atoms with Crippen LogP contribution in [0.5, 0.6) is 0 Å². The number of hydrogen-bond donors (Lipinski definition) is 0. The second-order valence-electron chi connectivity index (χ2n) is 7.13. The molecule has 3 aromatic rings. The monoisotopic (exact) mass is 472 g/mol. The van der Waals surface area contributed by atoms with Crippen LogP contribution in [0.25, 0.3) is 11.1 Å². The summed E-state index contributed by atoms with van der Waals surface area (Å²) in [6.07, 6.45) is -1.70. The predicted molar refractivity (Wildman–Crippen MR) is 104 cm³/mol. The van der Waals surface area contributed by atoms with E-state index in [1.807, 2.05) is 0 Å². The van der Waals surface area contributed by atoms with Crippen molar-refractivity contribution in [3.8, 4) is 11.1 Å². The molecule has 0 fully saturated rings. The van der Waals surface area contributed by atoms with Crippen LogP contribution in [0, 0.1) is 17.5 Å². The maximum absolute atomic E-state index is 14.6. The lowest BCUT2D eigenvalue weighted by molar-refractivity contribution is -0.137. The van der Waals surface area contributed by atoms with Gasteiger partial charge in [-0.1, -0.05) is 6.07 Å². The van der Waals surface area contributed by atoms with Crippen molar-refractivity contribution < 1.29 is 34.8 Å². The number of alkyl halides is 3. The second kappa shape index (κ2) is 7.80. The van der Waals surface area contributed by atoms with Crippen molar-refractivity contribution in [3.05, 3.63) is 77.4 Å². The highest BCUT2D eigenvalue weighted by Gasteiger charge is 2.34. The normalized spacial score (nSPS) is 14.4. The van der Waals surface area contributed by atoms with Gasteiger partial charge in [0.2, 0.25) is 0 Å². The van der Waals surface area contributed by atoms with E-state index >= 15 is 0 Å². The number of nitrogens with zero attached hydrogens (tertiary/aromatic N) is 2. The van der Waals surface area contributed by atoms with E-state index in [1.54, 1.807) is 0 Å². The molecule has 0 aliphatic carbocycles. The van der Waals surface area contributed by atoms with Gasteiger partial charge >= 0.3 is 6.18 Å². The molecule has 0 saturated heterocycles. The molecule has 0 bridgehead atoms. The summed E-state index contributed by atoms with van der Waals surface area (Å²) >= 11 is 0. The lowest BCUT2D eigenvalue weighted by Gasteiger charge is -2.31. The van der Waals surface area contributed by atoms with Gasteiger partial charge in [0.25, 0.3) is 10.0 Å². The van der Waals surface area contributed by atoms with Crippen LogP contribution in [-0.4, -0.2) is 19.9 Å². The minimum atomic E-state index is -4.72. The Morgan fingerprint density at radius 3 is 2.31 bits per heavy atom. The van der Waals surface area contributed by atoms with Crippen molar-refractivity contribution >= 4 is 15.7 Å². The van der Waals surface area contributed by atoms with Gasteiger partial charge in [0.1, 0.15) is 22.3 Å². The Bertz CT molecular complexity index is 1310. The van der Waals surface area contributed by atoms with Gasteiger partial charge in [-0.2, -0.15) is 13.2 Å². The average Bonchev–Trinajstić information content (AvgIpc) is 2.72. The first kappa shape index (κ1) is 22.1. The molecule has 0 atom stereocenters. The summed E-state index contributed by atoms with van der Waals surface area (Å²) in [6.45, 7) is -0.0349. The number of aromatic nitrogens is 1. The Kier molecular flexibility index (Phi) is 5.40. The van der Waals surface area contributed by atoms with E-state index in [-0.39, 0.29) is 29.8 Å². The average molecular weight is 472 g/mol. The molecule has 32 heavy (non-hydrogen) atoms. The zero-order chi connectivity index (χ0) is 23.3. The topological polar surface area (TPSA) is 50.3 Å². The van der Waals surface area contributed by atoms with Gasteiger partial charge in [-0.3, -0.25) is 9.29 Å².